The maximum atomic E-state index is 13.4. The van der Waals surface area contributed by atoms with Gasteiger partial charge in [0.15, 0.2) is 5.76 Å². The number of aliphatic hydroxyl groups is 1. The first-order valence-corrected chi connectivity index (χ1v) is 12.8. The highest BCUT2D eigenvalue weighted by Crippen LogP contribution is 2.41. The van der Waals surface area contributed by atoms with Crippen LogP contribution in [0.25, 0.3) is 0 Å². The summed E-state index contributed by atoms with van der Waals surface area (Å²) < 4.78 is 12.1. The van der Waals surface area contributed by atoms with Crippen molar-refractivity contribution >= 4 is 17.2 Å². The molecule has 7 heteroatoms. The molecule has 1 saturated heterocycles. The number of amides is 1. The van der Waals surface area contributed by atoms with Crippen LogP contribution in [0, 0.1) is 5.92 Å². The van der Waals surface area contributed by atoms with Gasteiger partial charge in [0, 0.05) is 62.7 Å². The highest BCUT2D eigenvalue weighted by Gasteiger charge is 2.39. The second kappa shape index (κ2) is 11.8. The quantitative estimate of drug-likeness (QED) is 0.603. The summed E-state index contributed by atoms with van der Waals surface area (Å²) in [6.07, 6.45) is 2.96. The minimum Gasteiger partial charge on any atom is -0.459 e. The molecule has 0 aliphatic carbocycles. The van der Waals surface area contributed by atoms with E-state index in [2.05, 4.69) is 40.6 Å². The lowest BCUT2D eigenvalue weighted by Crippen LogP contribution is -2.49. The molecule has 1 N–H and O–H groups in total. The van der Waals surface area contributed by atoms with Crippen molar-refractivity contribution in [3.05, 3.63) is 70.1 Å². The molecule has 3 heterocycles. The van der Waals surface area contributed by atoms with E-state index in [0.29, 0.717) is 31.9 Å². The Labute approximate surface area is 200 Å². The van der Waals surface area contributed by atoms with Crippen molar-refractivity contribution in [2.45, 2.75) is 38.5 Å². The van der Waals surface area contributed by atoms with E-state index in [-0.39, 0.29) is 24.3 Å². The minimum atomic E-state index is -0.489. The maximum absolute atomic E-state index is 13.4. The van der Waals surface area contributed by atoms with Crippen molar-refractivity contribution in [2.75, 3.05) is 39.4 Å². The van der Waals surface area contributed by atoms with Gasteiger partial charge >= 0.3 is 0 Å². The number of nitrogens with zero attached hydrogens (tertiary/aromatic N) is 2. The fourth-order valence-electron chi connectivity index (χ4n) is 4.67. The molecule has 2 aliphatic heterocycles. The summed E-state index contributed by atoms with van der Waals surface area (Å²) in [5, 5.41) is 11.5. The molecule has 0 radical (unpaired) electrons. The maximum Gasteiger partial charge on any atom is 0.288 e. The lowest BCUT2D eigenvalue weighted by atomic mass is 9.84. The number of ether oxygens (including phenoxy) is 2. The second-order valence-electron chi connectivity index (χ2n) is 8.60. The van der Waals surface area contributed by atoms with Gasteiger partial charge in [0.25, 0.3) is 5.91 Å². The van der Waals surface area contributed by atoms with Crippen LogP contribution in [0.2, 0.25) is 0 Å². The van der Waals surface area contributed by atoms with Crippen LogP contribution in [0.1, 0.15) is 36.1 Å². The van der Waals surface area contributed by atoms with E-state index in [1.54, 1.807) is 11.3 Å². The molecule has 1 aromatic heterocycles. The number of carbonyl (C=O) groups excluding carboxylic acids is 1. The third-order valence-electron chi connectivity index (χ3n) is 6.40. The van der Waals surface area contributed by atoms with Crippen LogP contribution in [0.3, 0.4) is 0 Å². The van der Waals surface area contributed by atoms with E-state index in [1.165, 1.54) is 10.4 Å². The summed E-state index contributed by atoms with van der Waals surface area (Å²) in [5.74, 6) is 0.444. The SMILES string of the molecule is CCO[C@H]1OC(C(=O)N2CCN(Cc3ccccc3)CC2)=C[C@@H](c2cccs2)[C@H]1CCCO. The van der Waals surface area contributed by atoms with E-state index >= 15 is 0 Å². The van der Waals surface area contributed by atoms with Gasteiger partial charge in [0.05, 0.1) is 0 Å². The zero-order chi connectivity index (χ0) is 23.0. The summed E-state index contributed by atoms with van der Waals surface area (Å²) >= 11 is 1.69. The van der Waals surface area contributed by atoms with Gasteiger partial charge in [-0.2, -0.15) is 0 Å². The molecule has 0 bridgehead atoms. The molecule has 2 aromatic rings. The molecule has 3 atom stereocenters. The molecule has 4 rings (SSSR count). The van der Waals surface area contributed by atoms with Gasteiger partial charge in [0.1, 0.15) is 0 Å². The number of piperazine rings is 1. The van der Waals surface area contributed by atoms with Crippen molar-refractivity contribution in [3.63, 3.8) is 0 Å². The number of allylic oxidation sites excluding steroid dienone is 1. The number of benzene rings is 1. The predicted molar refractivity (Wildman–Crippen MR) is 130 cm³/mol. The number of thiophene rings is 1. The van der Waals surface area contributed by atoms with Gasteiger partial charge in [-0.15, -0.1) is 11.3 Å². The highest BCUT2D eigenvalue weighted by molar-refractivity contribution is 7.10. The highest BCUT2D eigenvalue weighted by atomic mass is 32.1. The van der Waals surface area contributed by atoms with Crippen LogP contribution >= 0.6 is 11.3 Å². The van der Waals surface area contributed by atoms with Gasteiger partial charge in [-0.3, -0.25) is 9.69 Å². The standard InChI is InChI=1S/C26H34N2O4S/c1-2-31-26-21(10-6-16-29)22(24-11-7-17-33-24)18-23(32-26)25(30)28-14-12-27(13-15-28)19-20-8-4-3-5-9-20/h3-5,7-9,11,17-18,21-22,26,29H,2,6,10,12-16,19H2,1H3/t21-,22-,26+/m1/s1. The Bertz CT molecular complexity index is 894. The Hall–Kier alpha value is -2.19. The molecular formula is C26H34N2O4S. The fraction of sp³-hybridized carbons (Fsp3) is 0.500. The van der Waals surface area contributed by atoms with Gasteiger partial charge in [-0.1, -0.05) is 36.4 Å². The molecular weight excluding hydrogens is 436 g/mol. The zero-order valence-electron chi connectivity index (χ0n) is 19.3. The van der Waals surface area contributed by atoms with Crippen molar-refractivity contribution in [1.82, 2.24) is 9.80 Å². The number of hydrogen-bond acceptors (Lipinski definition) is 6. The number of hydrogen-bond donors (Lipinski definition) is 1. The van der Waals surface area contributed by atoms with Gasteiger partial charge in [-0.25, -0.2) is 0 Å². The summed E-state index contributed by atoms with van der Waals surface area (Å²) in [5.41, 5.74) is 1.29. The van der Waals surface area contributed by atoms with E-state index in [1.807, 2.05) is 30.0 Å². The lowest BCUT2D eigenvalue weighted by Gasteiger charge is -2.39. The van der Waals surface area contributed by atoms with Crippen molar-refractivity contribution in [2.24, 2.45) is 5.92 Å². The topological polar surface area (TPSA) is 62.2 Å². The van der Waals surface area contributed by atoms with Crippen LogP contribution in [-0.2, 0) is 20.8 Å². The summed E-state index contributed by atoms with van der Waals surface area (Å²) in [7, 11) is 0. The van der Waals surface area contributed by atoms with Gasteiger partial charge in [0.2, 0.25) is 6.29 Å². The minimum absolute atomic E-state index is 0.0418. The van der Waals surface area contributed by atoms with Crippen molar-refractivity contribution < 1.29 is 19.4 Å². The lowest BCUT2D eigenvalue weighted by molar-refractivity contribution is -0.170. The van der Waals surface area contributed by atoms with Gasteiger partial charge < -0.3 is 19.5 Å². The molecule has 6 nitrogen and oxygen atoms in total. The fourth-order valence-corrected chi connectivity index (χ4v) is 5.55. The van der Waals surface area contributed by atoms with E-state index in [9.17, 15) is 9.90 Å². The molecule has 1 amide bonds. The first-order chi connectivity index (χ1) is 16.2. The number of aliphatic hydroxyl groups excluding tert-OH is 1. The third-order valence-corrected chi connectivity index (χ3v) is 7.38. The molecule has 33 heavy (non-hydrogen) atoms. The van der Waals surface area contributed by atoms with Crippen molar-refractivity contribution in [3.8, 4) is 0 Å². The predicted octanol–water partition coefficient (Wildman–Crippen LogP) is 3.84. The summed E-state index contributed by atoms with van der Waals surface area (Å²) in [6.45, 7) is 6.55. The molecule has 1 aromatic carbocycles. The molecule has 178 valence electrons. The van der Waals surface area contributed by atoms with Crippen LogP contribution < -0.4 is 0 Å². The van der Waals surface area contributed by atoms with Crippen LogP contribution in [0.4, 0.5) is 0 Å². The van der Waals surface area contributed by atoms with Crippen molar-refractivity contribution in [1.29, 1.82) is 0 Å². The van der Waals surface area contributed by atoms with E-state index in [4.69, 9.17) is 9.47 Å². The van der Waals surface area contributed by atoms with Gasteiger partial charge in [-0.05, 0) is 42.9 Å². The number of carbonyl (C=O) groups is 1. The van der Waals surface area contributed by atoms with E-state index in [0.717, 1.165) is 26.1 Å². The van der Waals surface area contributed by atoms with Crippen LogP contribution in [-0.4, -0.2) is 66.5 Å². The summed E-state index contributed by atoms with van der Waals surface area (Å²) in [4.78, 5) is 18.9. The zero-order valence-corrected chi connectivity index (χ0v) is 20.1. The Morgan fingerprint density at radius 1 is 1.15 bits per heavy atom. The Morgan fingerprint density at radius 2 is 1.94 bits per heavy atom. The largest absolute Gasteiger partial charge is 0.459 e. The monoisotopic (exact) mass is 470 g/mol. The molecule has 2 aliphatic rings. The molecule has 1 fully saturated rings. The first kappa shape index (κ1) is 24.0. The first-order valence-electron chi connectivity index (χ1n) is 11.9. The van der Waals surface area contributed by atoms with E-state index < -0.39 is 6.29 Å². The van der Waals surface area contributed by atoms with Crippen LogP contribution in [0.15, 0.2) is 59.7 Å². The normalized spacial score (nSPS) is 23.8. The molecule has 0 spiro atoms. The number of rotatable bonds is 9. The smallest absolute Gasteiger partial charge is 0.288 e. The molecule has 0 saturated carbocycles. The Kier molecular flexibility index (Phi) is 8.56. The Morgan fingerprint density at radius 3 is 2.61 bits per heavy atom. The average Bonchev–Trinajstić information content (AvgIpc) is 3.39. The third kappa shape index (κ3) is 6.03. The summed E-state index contributed by atoms with van der Waals surface area (Å²) in [6, 6.07) is 14.6. The van der Waals surface area contributed by atoms with Crippen LogP contribution in [0.5, 0.6) is 0 Å². The second-order valence-corrected chi connectivity index (χ2v) is 9.58. The average molecular weight is 471 g/mol. The Balaban J connectivity index is 1.45. The molecule has 0 unspecified atom stereocenters.